The number of hydrogen-bond donors (Lipinski definition) is 2. The van der Waals surface area contributed by atoms with Gasteiger partial charge in [0.15, 0.2) is 0 Å². The molecule has 0 spiro atoms. The summed E-state index contributed by atoms with van der Waals surface area (Å²) in [6.07, 6.45) is 6.84. The number of amides is 1. The third-order valence-corrected chi connectivity index (χ3v) is 5.48. The van der Waals surface area contributed by atoms with Crippen molar-refractivity contribution in [3.63, 3.8) is 0 Å². The maximum Gasteiger partial charge on any atom is 0.238 e. The highest BCUT2D eigenvalue weighted by atomic mass is 16.1. The van der Waals surface area contributed by atoms with E-state index >= 15 is 0 Å². The molecule has 0 aromatic rings. The van der Waals surface area contributed by atoms with Gasteiger partial charge in [-0.05, 0) is 63.6 Å². The van der Waals surface area contributed by atoms with E-state index in [4.69, 9.17) is 5.73 Å². The highest BCUT2D eigenvalue weighted by molar-refractivity contribution is 5.85. The first-order valence-electron chi connectivity index (χ1n) is 8.11. The first kappa shape index (κ1) is 15.8. The molecule has 1 saturated heterocycles. The van der Waals surface area contributed by atoms with Crippen molar-refractivity contribution < 1.29 is 4.79 Å². The second-order valence-electron chi connectivity index (χ2n) is 7.51. The molecule has 4 heteroatoms. The molecule has 4 nitrogen and oxygen atoms in total. The number of rotatable bonds is 5. The Bertz CT molecular complexity index is 356. The number of carbonyl (C=O) groups excluding carboxylic acids is 1. The lowest BCUT2D eigenvalue weighted by molar-refractivity contribution is -0.125. The van der Waals surface area contributed by atoms with Gasteiger partial charge < -0.3 is 16.0 Å². The van der Waals surface area contributed by atoms with Crippen molar-refractivity contribution in [1.29, 1.82) is 0 Å². The number of nitrogens with two attached hydrogens (primary N) is 1. The van der Waals surface area contributed by atoms with E-state index < -0.39 is 5.54 Å². The quantitative estimate of drug-likeness (QED) is 0.807. The van der Waals surface area contributed by atoms with Crippen molar-refractivity contribution in [2.45, 2.75) is 57.9 Å². The van der Waals surface area contributed by atoms with E-state index in [1.54, 1.807) is 0 Å². The summed E-state index contributed by atoms with van der Waals surface area (Å²) in [5.41, 5.74) is 5.66. The number of piperidine rings is 1. The van der Waals surface area contributed by atoms with Crippen molar-refractivity contribution in [3.05, 3.63) is 0 Å². The molecule has 1 saturated carbocycles. The number of hydrogen-bond acceptors (Lipinski definition) is 3. The molecule has 20 heavy (non-hydrogen) atoms. The summed E-state index contributed by atoms with van der Waals surface area (Å²) in [5, 5.41) is 3.24. The van der Waals surface area contributed by atoms with Gasteiger partial charge in [0.2, 0.25) is 5.91 Å². The van der Waals surface area contributed by atoms with E-state index in [9.17, 15) is 4.79 Å². The molecule has 0 aromatic carbocycles. The number of likely N-dealkylation sites (N-methyl/N-ethyl adjacent to an activating group) is 1. The van der Waals surface area contributed by atoms with Gasteiger partial charge in [0.05, 0.1) is 0 Å². The Morgan fingerprint density at radius 1 is 1.35 bits per heavy atom. The molecule has 1 aliphatic carbocycles. The molecule has 2 rings (SSSR count). The van der Waals surface area contributed by atoms with Crippen LogP contribution in [0.15, 0.2) is 0 Å². The smallest absolute Gasteiger partial charge is 0.238 e. The number of likely N-dealkylation sites (tertiary alicyclic amines) is 1. The van der Waals surface area contributed by atoms with Crippen molar-refractivity contribution in [1.82, 2.24) is 10.2 Å². The number of carbonyl (C=O) groups is 1. The summed E-state index contributed by atoms with van der Waals surface area (Å²) in [5.74, 6) is 0.233. The summed E-state index contributed by atoms with van der Waals surface area (Å²) in [7, 11) is 1.88. The van der Waals surface area contributed by atoms with E-state index in [0.29, 0.717) is 11.3 Å². The maximum atomic E-state index is 11.9. The Balaban J connectivity index is 1.91. The predicted molar refractivity (Wildman–Crippen MR) is 82.4 cm³/mol. The van der Waals surface area contributed by atoms with Crippen LogP contribution in [0.5, 0.6) is 0 Å². The van der Waals surface area contributed by atoms with Crippen LogP contribution in [-0.4, -0.2) is 43.0 Å². The normalized spacial score (nSPS) is 34.2. The summed E-state index contributed by atoms with van der Waals surface area (Å²) in [6, 6.07) is 0. The number of nitrogens with zero attached hydrogens (tertiary/aromatic N) is 1. The monoisotopic (exact) mass is 281 g/mol. The molecule has 2 aliphatic rings. The van der Waals surface area contributed by atoms with Gasteiger partial charge in [-0.1, -0.05) is 20.3 Å². The Labute approximate surface area is 123 Å². The fraction of sp³-hybridized carbons (Fsp3) is 0.938. The number of nitrogens with one attached hydrogen (secondary N) is 1. The first-order valence-corrected chi connectivity index (χ1v) is 8.11. The van der Waals surface area contributed by atoms with Crippen molar-refractivity contribution in [2.75, 3.05) is 26.7 Å². The van der Waals surface area contributed by atoms with Gasteiger partial charge in [-0.2, -0.15) is 0 Å². The van der Waals surface area contributed by atoms with Crippen LogP contribution in [0.1, 0.15) is 52.4 Å². The Kier molecular flexibility index (Phi) is 4.75. The number of primary amides is 1. The molecule has 1 amide bonds. The topological polar surface area (TPSA) is 58.4 Å². The van der Waals surface area contributed by atoms with E-state index in [1.165, 1.54) is 25.9 Å². The third kappa shape index (κ3) is 3.17. The molecule has 2 fully saturated rings. The third-order valence-electron chi connectivity index (χ3n) is 5.48. The minimum absolute atomic E-state index is 0.165. The Hall–Kier alpha value is -0.610. The lowest BCUT2D eigenvalue weighted by Gasteiger charge is -2.39. The molecule has 2 atom stereocenters. The van der Waals surface area contributed by atoms with E-state index in [0.717, 1.165) is 32.2 Å². The molecular weight excluding hydrogens is 250 g/mol. The van der Waals surface area contributed by atoms with Crippen LogP contribution in [0.3, 0.4) is 0 Å². The molecule has 2 unspecified atom stereocenters. The van der Waals surface area contributed by atoms with Crippen LogP contribution in [0.2, 0.25) is 0 Å². The van der Waals surface area contributed by atoms with Gasteiger partial charge >= 0.3 is 0 Å². The first-order chi connectivity index (χ1) is 9.39. The maximum absolute atomic E-state index is 11.9. The van der Waals surface area contributed by atoms with Crippen molar-refractivity contribution in [2.24, 2.45) is 17.1 Å². The highest BCUT2D eigenvalue weighted by Gasteiger charge is 2.46. The predicted octanol–water partition coefficient (Wildman–Crippen LogP) is 1.74. The zero-order chi connectivity index (χ0) is 14.8. The van der Waals surface area contributed by atoms with Crippen LogP contribution < -0.4 is 11.1 Å². The fourth-order valence-electron chi connectivity index (χ4n) is 4.32. The minimum atomic E-state index is -0.453. The second-order valence-corrected chi connectivity index (χ2v) is 7.51. The highest BCUT2D eigenvalue weighted by Crippen LogP contribution is 2.38. The van der Waals surface area contributed by atoms with Crippen molar-refractivity contribution >= 4 is 5.91 Å². The molecule has 116 valence electrons. The summed E-state index contributed by atoms with van der Waals surface area (Å²) in [6.45, 7) is 8.21. The Morgan fingerprint density at radius 3 is 2.70 bits per heavy atom. The van der Waals surface area contributed by atoms with E-state index in [-0.39, 0.29) is 5.91 Å². The average molecular weight is 281 g/mol. The molecule has 0 radical (unpaired) electrons. The van der Waals surface area contributed by atoms with Gasteiger partial charge in [0, 0.05) is 6.54 Å². The van der Waals surface area contributed by atoms with E-state index in [2.05, 4.69) is 24.1 Å². The van der Waals surface area contributed by atoms with Gasteiger partial charge in [0.25, 0.3) is 0 Å². The average Bonchev–Trinajstić information content (AvgIpc) is 2.79. The van der Waals surface area contributed by atoms with Crippen molar-refractivity contribution in [3.8, 4) is 0 Å². The molecule has 0 aromatic heterocycles. The van der Waals surface area contributed by atoms with Crippen LogP contribution in [0.4, 0.5) is 0 Å². The molecule has 1 aliphatic heterocycles. The standard InChI is InChI=1S/C16H31N3O/c1-15(2)8-5-10-19(12-15)11-7-13-6-4-9-16(13,18-3)14(17)20/h13,18H,4-12H2,1-3H3,(H2,17,20). The van der Waals surface area contributed by atoms with Gasteiger partial charge in [-0.25, -0.2) is 0 Å². The molecule has 1 heterocycles. The summed E-state index contributed by atoms with van der Waals surface area (Å²) >= 11 is 0. The largest absolute Gasteiger partial charge is 0.368 e. The van der Waals surface area contributed by atoms with Gasteiger partial charge in [0.1, 0.15) is 5.54 Å². The Morgan fingerprint density at radius 2 is 2.10 bits per heavy atom. The zero-order valence-corrected chi connectivity index (χ0v) is 13.4. The fourth-order valence-corrected chi connectivity index (χ4v) is 4.32. The lowest BCUT2D eigenvalue weighted by Crippen LogP contribution is -2.57. The minimum Gasteiger partial charge on any atom is -0.368 e. The van der Waals surface area contributed by atoms with E-state index in [1.807, 2.05) is 7.05 Å². The molecule has 0 bridgehead atoms. The van der Waals surface area contributed by atoms with Crippen LogP contribution >= 0.6 is 0 Å². The van der Waals surface area contributed by atoms with Gasteiger partial charge in [-0.3, -0.25) is 4.79 Å². The molecule has 3 N–H and O–H groups in total. The molecular formula is C16H31N3O. The van der Waals surface area contributed by atoms with Gasteiger partial charge in [-0.15, -0.1) is 0 Å². The van der Waals surface area contributed by atoms with Crippen LogP contribution in [0, 0.1) is 11.3 Å². The second kappa shape index (κ2) is 6.02. The SMILES string of the molecule is CNC1(C(N)=O)CCCC1CCN1CCCC(C)(C)C1. The van der Waals surface area contributed by atoms with Crippen LogP contribution in [0.25, 0.3) is 0 Å². The summed E-state index contributed by atoms with van der Waals surface area (Å²) < 4.78 is 0. The lowest BCUT2D eigenvalue weighted by atomic mass is 9.82. The zero-order valence-electron chi connectivity index (χ0n) is 13.4. The van der Waals surface area contributed by atoms with Crippen LogP contribution in [-0.2, 0) is 4.79 Å². The summed E-state index contributed by atoms with van der Waals surface area (Å²) in [4.78, 5) is 14.4.